The Morgan fingerprint density at radius 3 is 1.67 bits per heavy atom. The van der Waals surface area contributed by atoms with Crippen LogP contribution >= 0.6 is 0 Å². The maximum Gasteiger partial charge on any atom is 0.329 e. The maximum absolute atomic E-state index is 12.6. The first-order valence-corrected chi connectivity index (χ1v) is 8.81. The Kier molecular flexibility index (Phi) is 6.00. The molecule has 27 heavy (non-hydrogen) atoms. The molecule has 0 radical (unpaired) electrons. The van der Waals surface area contributed by atoms with E-state index in [0.29, 0.717) is 5.56 Å². The second-order valence-electron chi connectivity index (χ2n) is 6.20. The van der Waals surface area contributed by atoms with Gasteiger partial charge in [0.05, 0.1) is 0 Å². The van der Waals surface area contributed by atoms with Gasteiger partial charge in [0.25, 0.3) is 5.91 Å². The largest absolute Gasteiger partial charge is 0.451 e. The number of hydrogen-bond donors (Lipinski definition) is 1. The second-order valence-corrected chi connectivity index (χ2v) is 6.20. The van der Waals surface area contributed by atoms with E-state index in [9.17, 15) is 9.59 Å². The highest BCUT2D eigenvalue weighted by Crippen LogP contribution is 2.26. The van der Waals surface area contributed by atoms with Crippen molar-refractivity contribution < 1.29 is 14.3 Å². The molecule has 0 saturated heterocycles. The number of ether oxygens (including phenoxy) is 1. The molecule has 3 aromatic rings. The third-order valence-corrected chi connectivity index (χ3v) is 4.18. The van der Waals surface area contributed by atoms with Crippen molar-refractivity contribution in [3.63, 3.8) is 0 Å². The molecule has 136 valence electrons. The molecule has 1 amide bonds. The van der Waals surface area contributed by atoms with E-state index in [2.05, 4.69) is 5.32 Å². The molecular weight excluding hydrogens is 338 g/mol. The van der Waals surface area contributed by atoms with E-state index < -0.39 is 18.1 Å². The van der Waals surface area contributed by atoms with Crippen molar-refractivity contribution in [3.05, 3.63) is 108 Å². The Morgan fingerprint density at radius 2 is 1.19 bits per heavy atom. The molecule has 0 unspecified atom stereocenters. The van der Waals surface area contributed by atoms with Gasteiger partial charge in [0.2, 0.25) is 0 Å². The van der Waals surface area contributed by atoms with Gasteiger partial charge < -0.3 is 10.1 Å². The van der Waals surface area contributed by atoms with Crippen molar-refractivity contribution in [1.82, 2.24) is 5.32 Å². The van der Waals surface area contributed by atoms with Gasteiger partial charge in [0.1, 0.15) is 6.04 Å². The summed E-state index contributed by atoms with van der Waals surface area (Å²) in [6, 6.07) is 27.1. The van der Waals surface area contributed by atoms with Crippen molar-refractivity contribution >= 4 is 11.9 Å². The van der Waals surface area contributed by atoms with Gasteiger partial charge in [0, 0.05) is 5.56 Å². The number of amides is 1. The topological polar surface area (TPSA) is 55.4 Å². The molecule has 0 aromatic heterocycles. The fourth-order valence-corrected chi connectivity index (χ4v) is 2.73. The van der Waals surface area contributed by atoms with Crippen LogP contribution < -0.4 is 5.32 Å². The lowest BCUT2D eigenvalue weighted by Gasteiger charge is -2.21. The summed E-state index contributed by atoms with van der Waals surface area (Å²) >= 11 is 0. The highest BCUT2D eigenvalue weighted by atomic mass is 16.5. The highest BCUT2D eigenvalue weighted by molar-refractivity contribution is 5.96. The number of benzene rings is 3. The van der Waals surface area contributed by atoms with Crippen molar-refractivity contribution in [2.24, 2.45) is 0 Å². The van der Waals surface area contributed by atoms with Crippen LogP contribution in [0.4, 0.5) is 0 Å². The molecule has 0 spiro atoms. The number of nitrogens with one attached hydrogen (secondary N) is 1. The van der Waals surface area contributed by atoms with Gasteiger partial charge in [-0.15, -0.1) is 0 Å². The molecule has 1 atom stereocenters. The number of carbonyl (C=O) groups is 2. The zero-order valence-corrected chi connectivity index (χ0v) is 15.0. The molecule has 0 aliphatic heterocycles. The Morgan fingerprint density at radius 1 is 0.741 bits per heavy atom. The minimum Gasteiger partial charge on any atom is -0.451 e. The number of hydrogen-bond acceptors (Lipinski definition) is 3. The van der Waals surface area contributed by atoms with Gasteiger partial charge in [-0.05, 0) is 30.2 Å². The molecule has 0 aliphatic carbocycles. The van der Waals surface area contributed by atoms with E-state index in [1.54, 1.807) is 31.2 Å². The van der Waals surface area contributed by atoms with Crippen molar-refractivity contribution in [1.29, 1.82) is 0 Å². The van der Waals surface area contributed by atoms with Crippen LogP contribution in [0.25, 0.3) is 0 Å². The van der Waals surface area contributed by atoms with Crippen LogP contribution in [0.1, 0.15) is 34.5 Å². The molecule has 4 heteroatoms. The van der Waals surface area contributed by atoms with Gasteiger partial charge >= 0.3 is 5.97 Å². The van der Waals surface area contributed by atoms with E-state index in [4.69, 9.17) is 4.74 Å². The maximum atomic E-state index is 12.6. The molecule has 0 fully saturated rings. The Balaban J connectivity index is 1.73. The molecule has 3 aromatic carbocycles. The van der Waals surface area contributed by atoms with Gasteiger partial charge in [-0.1, -0.05) is 78.9 Å². The van der Waals surface area contributed by atoms with Crippen LogP contribution in [0, 0.1) is 0 Å². The van der Waals surface area contributed by atoms with Gasteiger partial charge in [-0.3, -0.25) is 4.79 Å². The quantitative estimate of drug-likeness (QED) is 0.673. The third kappa shape index (κ3) is 4.82. The van der Waals surface area contributed by atoms with E-state index in [1.807, 2.05) is 66.7 Å². The van der Waals surface area contributed by atoms with Gasteiger partial charge in [0.15, 0.2) is 6.10 Å². The fraction of sp³-hybridized carbons (Fsp3) is 0.130. The second kappa shape index (κ2) is 8.81. The molecule has 0 bridgehead atoms. The summed E-state index contributed by atoms with van der Waals surface area (Å²) in [5, 5.41) is 2.69. The average Bonchev–Trinajstić information content (AvgIpc) is 2.73. The predicted octanol–water partition coefficient (Wildman–Crippen LogP) is 4.14. The molecular formula is C23H21NO3. The lowest BCUT2D eigenvalue weighted by atomic mass is 10.0. The van der Waals surface area contributed by atoms with Crippen LogP contribution in [0.5, 0.6) is 0 Å². The minimum absolute atomic E-state index is 0.309. The standard InChI is InChI=1S/C23H21NO3/c1-17(24-22(25)20-15-9-4-10-16-20)23(26)27-21(18-11-5-2-6-12-18)19-13-7-3-8-14-19/h2-17,21H,1H3,(H,24,25)/t17-/m0/s1. The van der Waals surface area contributed by atoms with E-state index in [1.165, 1.54) is 0 Å². The lowest BCUT2D eigenvalue weighted by molar-refractivity contribution is -0.149. The first-order chi connectivity index (χ1) is 13.1. The van der Waals surface area contributed by atoms with E-state index in [0.717, 1.165) is 11.1 Å². The smallest absolute Gasteiger partial charge is 0.329 e. The summed E-state index contributed by atoms with van der Waals surface area (Å²) in [7, 11) is 0. The zero-order valence-electron chi connectivity index (χ0n) is 15.0. The summed E-state index contributed by atoms with van der Waals surface area (Å²) in [6.45, 7) is 1.62. The van der Waals surface area contributed by atoms with Crippen LogP contribution in [0.2, 0.25) is 0 Å². The van der Waals surface area contributed by atoms with Gasteiger partial charge in [-0.2, -0.15) is 0 Å². The Labute approximate surface area is 158 Å². The van der Waals surface area contributed by atoms with Gasteiger partial charge in [-0.25, -0.2) is 4.79 Å². The summed E-state index contributed by atoms with van der Waals surface area (Å²) in [5.74, 6) is -0.798. The molecule has 3 rings (SSSR count). The first kappa shape index (κ1) is 18.4. The van der Waals surface area contributed by atoms with Crippen molar-refractivity contribution in [2.45, 2.75) is 19.1 Å². The van der Waals surface area contributed by atoms with Crippen LogP contribution in [0.15, 0.2) is 91.0 Å². The number of esters is 1. The molecule has 0 heterocycles. The molecule has 4 nitrogen and oxygen atoms in total. The normalized spacial score (nSPS) is 11.6. The van der Waals surface area contributed by atoms with Crippen LogP contribution in [0.3, 0.4) is 0 Å². The average molecular weight is 359 g/mol. The lowest BCUT2D eigenvalue weighted by Crippen LogP contribution is -2.40. The fourth-order valence-electron chi connectivity index (χ4n) is 2.73. The van der Waals surface area contributed by atoms with Crippen LogP contribution in [-0.4, -0.2) is 17.9 Å². The van der Waals surface area contributed by atoms with Crippen molar-refractivity contribution in [3.8, 4) is 0 Å². The monoisotopic (exact) mass is 359 g/mol. The highest BCUT2D eigenvalue weighted by Gasteiger charge is 2.24. The number of carbonyl (C=O) groups excluding carboxylic acids is 2. The van der Waals surface area contributed by atoms with Crippen LogP contribution in [-0.2, 0) is 9.53 Å². The molecule has 1 N–H and O–H groups in total. The zero-order chi connectivity index (χ0) is 19.1. The summed E-state index contributed by atoms with van der Waals surface area (Å²) in [6.07, 6.45) is -0.532. The summed E-state index contributed by atoms with van der Waals surface area (Å²) < 4.78 is 5.77. The first-order valence-electron chi connectivity index (χ1n) is 8.81. The number of rotatable bonds is 6. The Hall–Kier alpha value is -3.40. The molecule has 0 saturated carbocycles. The minimum atomic E-state index is -0.771. The van der Waals surface area contributed by atoms with E-state index in [-0.39, 0.29) is 5.91 Å². The summed E-state index contributed by atoms with van der Waals surface area (Å²) in [4.78, 5) is 24.9. The van der Waals surface area contributed by atoms with Crippen molar-refractivity contribution in [2.75, 3.05) is 0 Å². The third-order valence-electron chi connectivity index (χ3n) is 4.18. The SMILES string of the molecule is C[C@H](NC(=O)c1ccccc1)C(=O)OC(c1ccccc1)c1ccccc1. The molecule has 0 aliphatic rings. The predicted molar refractivity (Wildman–Crippen MR) is 104 cm³/mol. The van der Waals surface area contributed by atoms with E-state index >= 15 is 0 Å². The summed E-state index contributed by atoms with van der Waals surface area (Å²) in [5.41, 5.74) is 2.25. The Bertz CT molecular complexity index is 840.